The number of amides is 5. The van der Waals surface area contributed by atoms with Crippen molar-refractivity contribution in [2.24, 2.45) is 11.8 Å². The number of hydrogen-bond donors (Lipinski definition) is 4. The van der Waals surface area contributed by atoms with E-state index in [4.69, 9.17) is 0 Å². The minimum absolute atomic E-state index is 0.147. The van der Waals surface area contributed by atoms with Crippen molar-refractivity contribution in [1.29, 1.82) is 0 Å². The van der Waals surface area contributed by atoms with E-state index in [-0.39, 0.29) is 19.5 Å². The van der Waals surface area contributed by atoms with E-state index in [1.165, 1.54) is 25.8 Å². The van der Waals surface area contributed by atoms with E-state index >= 15 is 0 Å². The SMILES string of the molecule is CNC(=O)C(=O)N[C@H](C(=O)N1CCC[C@H]1C(=O)N[C@H](C(=O)C(F)(F)C(=O)NCc1ccccc1)C(C)C)C(C)C. The molecular weight excluding hydrogens is 528 g/mol. The molecule has 220 valence electrons. The van der Waals surface area contributed by atoms with E-state index < -0.39 is 71.2 Å². The lowest BCUT2D eigenvalue weighted by Gasteiger charge is -2.32. The highest BCUT2D eigenvalue weighted by atomic mass is 19.3. The van der Waals surface area contributed by atoms with Crippen LogP contribution in [-0.4, -0.2) is 77.9 Å². The van der Waals surface area contributed by atoms with Crippen molar-refractivity contribution in [3.05, 3.63) is 35.9 Å². The first-order chi connectivity index (χ1) is 18.7. The molecule has 1 saturated heterocycles. The molecule has 0 unspecified atom stereocenters. The zero-order valence-corrected chi connectivity index (χ0v) is 23.3. The number of Topliss-reactive ketones (excluding diaryl/α,β-unsaturated/α-hetero) is 1. The van der Waals surface area contributed by atoms with Gasteiger partial charge in [-0.25, -0.2) is 0 Å². The molecule has 1 fully saturated rings. The molecule has 1 heterocycles. The number of likely N-dealkylation sites (N-methyl/N-ethyl adjacent to an activating group) is 1. The van der Waals surface area contributed by atoms with Crippen LogP contribution >= 0.6 is 0 Å². The Bertz CT molecular complexity index is 1110. The number of benzene rings is 1. The van der Waals surface area contributed by atoms with E-state index in [0.29, 0.717) is 12.0 Å². The second-order valence-electron chi connectivity index (χ2n) is 10.3. The maximum absolute atomic E-state index is 14.9. The molecular formula is C27H37F2N5O6. The van der Waals surface area contributed by atoms with Gasteiger partial charge in [0.2, 0.25) is 17.6 Å². The molecule has 4 N–H and O–H groups in total. The van der Waals surface area contributed by atoms with Gasteiger partial charge in [-0.3, -0.25) is 28.8 Å². The Balaban J connectivity index is 2.15. The number of ketones is 1. The van der Waals surface area contributed by atoms with Gasteiger partial charge in [-0.05, 0) is 30.2 Å². The molecule has 1 aliphatic rings. The molecule has 3 atom stereocenters. The zero-order chi connectivity index (χ0) is 30.2. The highest BCUT2D eigenvalue weighted by molar-refractivity contribution is 6.35. The van der Waals surface area contributed by atoms with Crippen LogP contribution in [0.25, 0.3) is 0 Å². The molecule has 0 bridgehead atoms. The fourth-order valence-corrected chi connectivity index (χ4v) is 4.30. The summed E-state index contributed by atoms with van der Waals surface area (Å²) in [6.45, 7) is 6.12. The van der Waals surface area contributed by atoms with Crippen LogP contribution < -0.4 is 21.3 Å². The Hall–Kier alpha value is -3.90. The van der Waals surface area contributed by atoms with Gasteiger partial charge >= 0.3 is 17.7 Å². The Morgan fingerprint density at radius 3 is 2.08 bits per heavy atom. The van der Waals surface area contributed by atoms with Crippen LogP contribution in [0.1, 0.15) is 46.1 Å². The normalized spacial score (nSPS) is 16.7. The summed E-state index contributed by atoms with van der Waals surface area (Å²) >= 11 is 0. The third kappa shape index (κ3) is 7.82. The number of hydrogen-bond acceptors (Lipinski definition) is 6. The second-order valence-corrected chi connectivity index (χ2v) is 10.3. The first-order valence-corrected chi connectivity index (χ1v) is 13.1. The molecule has 0 aliphatic carbocycles. The lowest BCUT2D eigenvalue weighted by molar-refractivity contribution is -0.161. The Morgan fingerprint density at radius 1 is 0.925 bits per heavy atom. The van der Waals surface area contributed by atoms with E-state index in [1.807, 2.05) is 0 Å². The minimum Gasteiger partial charge on any atom is -0.351 e. The largest absolute Gasteiger partial charge is 0.383 e. The van der Waals surface area contributed by atoms with Crippen LogP contribution in [0.5, 0.6) is 0 Å². The lowest BCUT2D eigenvalue weighted by atomic mass is 9.94. The van der Waals surface area contributed by atoms with Gasteiger partial charge in [0.25, 0.3) is 5.91 Å². The van der Waals surface area contributed by atoms with Crippen molar-refractivity contribution in [2.45, 2.75) is 71.1 Å². The molecule has 0 aromatic heterocycles. The van der Waals surface area contributed by atoms with Gasteiger partial charge in [0.15, 0.2) is 0 Å². The predicted molar refractivity (Wildman–Crippen MR) is 141 cm³/mol. The second kappa shape index (κ2) is 13.9. The Kier molecular flexibility index (Phi) is 11.3. The highest BCUT2D eigenvalue weighted by Crippen LogP contribution is 2.24. The van der Waals surface area contributed by atoms with Gasteiger partial charge in [-0.15, -0.1) is 0 Å². The zero-order valence-electron chi connectivity index (χ0n) is 23.3. The number of rotatable bonds is 11. The molecule has 40 heavy (non-hydrogen) atoms. The lowest BCUT2D eigenvalue weighted by Crippen LogP contribution is -2.60. The summed E-state index contributed by atoms with van der Waals surface area (Å²) in [5.41, 5.74) is 0.560. The third-order valence-electron chi connectivity index (χ3n) is 6.63. The molecule has 1 aromatic rings. The summed E-state index contributed by atoms with van der Waals surface area (Å²) < 4.78 is 29.8. The number of nitrogens with one attached hydrogen (secondary N) is 4. The fourth-order valence-electron chi connectivity index (χ4n) is 4.30. The standard InChI is InChI=1S/C27H37F2N5O6/c1-15(2)19(21(35)27(28,29)26(40)31-14-17-10-7-6-8-11-17)32-22(36)18-12-9-13-34(18)25(39)20(16(3)4)33-24(38)23(37)30-5/h6-8,10-11,15-16,18-20H,9,12-14H2,1-5H3,(H,30,37)(H,31,40)(H,32,36)(H,33,38)/t18-,19-,20-/m0/s1. The van der Waals surface area contributed by atoms with Gasteiger partial charge in [0, 0.05) is 20.1 Å². The number of halogens is 2. The molecule has 1 aliphatic heterocycles. The van der Waals surface area contributed by atoms with Crippen molar-refractivity contribution < 1.29 is 37.5 Å². The van der Waals surface area contributed by atoms with Crippen molar-refractivity contribution in [1.82, 2.24) is 26.2 Å². The average molecular weight is 566 g/mol. The monoisotopic (exact) mass is 565 g/mol. The summed E-state index contributed by atoms with van der Waals surface area (Å²) in [5, 5.41) is 8.90. The predicted octanol–water partition coefficient (Wildman–Crippen LogP) is 0.526. The van der Waals surface area contributed by atoms with Crippen molar-refractivity contribution in [2.75, 3.05) is 13.6 Å². The summed E-state index contributed by atoms with van der Waals surface area (Å²) in [6, 6.07) is 4.38. The topological polar surface area (TPSA) is 154 Å². The van der Waals surface area contributed by atoms with Crippen LogP contribution in [0.4, 0.5) is 8.78 Å². The van der Waals surface area contributed by atoms with Crippen molar-refractivity contribution in [3.8, 4) is 0 Å². The molecule has 1 aromatic carbocycles. The average Bonchev–Trinajstić information content (AvgIpc) is 3.42. The number of carbonyl (C=O) groups is 6. The first-order valence-electron chi connectivity index (χ1n) is 13.1. The maximum atomic E-state index is 14.9. The Labute approximate surface area is 231 Å². The molecule has 2 rings (SSSR count). The molecule has 0 saturated carbocycles. The highest BCUT2D eigenvalue weighted by Gasteiger charge is 2.51. The van der Waals surface area contributed by atoms with Crippen LogP contribution in [0.3, 0.4) is 0 Å². The van der Waals surface area contributed by atoms with Crippen molar-refractivity contribution >= 4 is 35.3 Å². The van der Waals surface area contributed by atoms with Crippen LogP contribution in [-0.2, 0) is 35.3 Å². The molecule has 11 nitrogen and oxygen atoms in total. The van der Waals surface area contributed by atoms with E-state index in [0.717, 1.165) is 0 Å². The smallest absolute Gasteiger partial charge is 0.351 e. The van der Waals surface area contributed by atoms with Crippen molar-refractivity contribution in [3.63, 3.8) is 0 Å². The van der Waals surface area contributed by atoms with E-state index in [2.05, 4.69) is 21.3 Å². The van der Waals surface area contributed by atoms with Gasteiger partial charge in [-0.1, -0.05) is 58.0 Å². The first kappa shape index (κ1) is 32.3. The minimum atomic E-state index is -4.42. The number of alkyl halides is 2. The van der Waals surface area contributed by atoms with Gasteiger partial charge in [0.1, 0.15) is 12.1 Å². The third-order valence-corrected chi connectivity index (χ3v) is 6.63. The van der Waals surface area contributed by atoms with Crippen LogP contribution in [0.15, 0.2) is 30.3 Å². The van der Waals surface area contributed by atoms with E-state index in [9.17, 15) is 37.5 Å². The molecule has 13 heteroatoms. The quantitative estimate of drug-likeness (QED) is 0.227. The summed E-state index contributed by atoms with van der Waals surface area (Å²) in [7, 11) is 1.26. The number of likely N-dealkylation sites (tertiary alicyclic amines) is 1. The molecule has 5 amide bonds. The van der Waals surface area contributed by atoms with Gasteiger partial charge in [0.05, 0.1) is 6.04 Å². The van der Waals surface area contributed by atoms with Gasteiger partial charge in [-0.2, -0.15) is 8.78 Å². The summed E-state index contributed by atoms with van der Waals surface area (Å²) in [6.07, 6.45) is 0.606. The van der Waals surface area contributed by atoms with Crippen LogP contribution in [0.2, 0.25) is 0 Å². The summed E-state index contributed by atoms with van der Waals surface area (Å²) in [5.74, 6) is -12.6. The fraction of sp³-hybridized carbons (Fsp3) is 0.556. The number of carbonyl (C=O) groups excluding carboxylic acids is 6. The van der Waals surface area contributed by atoms with E-state index in [1.54, 1.807) is 44.2 Å². The molecule has 0 spiro atoms. The number of nitrogens with zero attached hydrogens (tertiary/aromatic N) is 1. The van der Waals surface area contributed by atoms with Gasteiger partial charge < -0.3 is 26.2 Å². The Morgan fingerprint density at radius 2 is 1.52 bits per heavy atom. The summed E-state index contributed by atoms with van der Waals surface area (Å²) in [4.78, 5) is 76.6. The van der Waals surface area contributed by atoms with Crippen LogP contribution in [0, 0.1) is 11.8 Å². The molecule has 0 radical (unpaired) electrons. The maximum Gasteiger partial charge on any atom is 0.383 e.